The van der Waals surface area contributed by atoms with E-state index in [-0.39, 0.29) is 35.5 Å². The van der Waals surface area contributed by atoms with Crippen LogP contribution in [0.25, 0.3) is 0 Å². The molecule has 0 unspecified atom stereocenters. The largest absolute Gasteiger partial charge is 0.272 e. The van der Waals surface area contributed by atoms with Crippen LogP contribution < -0.4 is 0 Å². The fraction of sp³-hybridized carbons (Fsp3) is 0.389. The second kappa shape index (κ2) is 4.15. The van der Waals surface area contributed by atoms with Crippen LogP contribution in [0.1, 0.15) is 12.0 Å². The third-order valence-electron chi connectivity index (χ3n) is 5.76. The molecule has 4 nitrogen and oxygen atoms in total. The summed E-state index contributed by atoms with van der Waals surface area (Å²) in [5.74, 6) is 1.23. The molecule has 4 heteroatoms. The highest BCUT2D eigenvalue weighted by molar-refractivity contribution is 6.06. The lowest BCUT2D eigenvalue weighted by atomic mass is 9.63. The van der Waals surface area contributed by atoms with E-state index in [1.165, 1.54) is 6.42 Å². The van der Waals surface area contributed by atoms with E-state index in [1.54, 1.807) is 6.21 Å². The summed E-state index contributed by atoms with van der Waals surface area (Å²) in [5, 5.41) is 5.32. The van der Waals surface area contributed by atoms with Crippen molar-refractivity contribution in [3.8, 4) is 0 Å². The summed E-state index contributed by atoms with van der Waals surface area (Å²) in [6.07, 6.45) is 7.14. The van der Waals surface area contributed by atoms with Gasteiger partial charge in [-0.05, 0) is 35.7 Å². The molecule has 1 aromatic rings. The monoisotopic (exact) mass is 292 g/mol. The predicted octanol–water partition coefficient (Wildman–Crippen LogP) is 2.07. The Bertz CT molecular complexity index is 688. The van der Waals surface area contributed by atoms with E-state index < -0.39 is 0 Å². The maximum Gasteiger partial charge on any atom is 0.254 e. The molecule has 0 radical (unpaired) electrons. The number of hydrazone groups is 1. The molecule has 0 spiro atoms. The Morgan fingerprint density at radius 1 is 0.955 bits per heavy atom. The molecule has 2 amide bonds. The number of hydrogen-bond acceptors (Lipinski definition) is 3. The fourth-order valence-corrected chi connectivity index (χ4v) is 4.72. The average Bonchev–Trinajstić information content (AvgIpc) is 3.33. The van der Waals surface area contributed by atoms with Crippen LogP contribution >= 0.6 is 0 Å². The first-order chi connectivity index (χ1) is 10.8. The number of amides is 2. The van der Waals surface area contributed by atoms with E-state index in [1.807, 2.05) is 30.3 Å². The molecule has 0 aromatic heterocycles. The van der Waals surface area contributed by atoms with Gasteiger partial charge < -0.3 is 0 Å². The zero-order chi connectivity index (χ0) is 14.8. The molecule has 2 bridgehead atoms. The minimum Gasteiger partial charge on any atom is -0.272 e. The SMILES string of the molecule is O=C1[C@@H]2[C@H]3C=C[C@@H]([C@@H]4C[C@H]34)[C@H]2C(=O)N1/N=C\c1ccccc1. The third-order valence-corrected chi connectivity index (χ3v) is 5.76. The van der Waals surface area contributed by atoms with Crippen molar-refractivity contribution in [3.63, 3.8) is 0 Å². The molecule has 5 aliphatic rings. The zero-order valence-electron chi connectivity index (χ0n) is 12.0. The molecule has 4 aliphatic carbocycles. The Hall–Kier alpha value is -2.23. The van der Waals surface area contributed by atoms with Crippen LogP contribution in [0.5, 0.6) is 0 Å². The van der Waals surface area contributed by atoms with Gasteiger partial charge in [0, 0.05) is 0 Å². The van der Waals surface area contributed by atoms with E-state index in [0.717, 1.165) is 10.6 Å². The molecular formula is C18H16N2O2. The summed E-state index contributed by atoms with van der Waals surface area (Å²) >= 11 is 0. The number of benzene rings is 1. The van der Waals surface area contributed by atoms with E-state index in [9.17, 15) is 9.59 Å². The van der Waals surface area contributed by atoms with E-state index in [4.69, 9.17) is 0 Å². The Labute approximate surface area is 128 Å². The van der Waals surface area contributed by atoms with Gasteiger partial charge in [0.2, 0.25) is 0 Å². The molecule has 22 heavy (non-hydrogen) atoms. The van der Waals surface area contributed by atoms with E-state index >= 15 is 0 Å². The minimum atomic E-state index is -0.167. The number of carbonyl (C=O) groups excluding carboxylic acids is 2. The van der Waals surface area contributed by atoms with E-state index in [2.05, 4.69) is 17.3 Å². The summed E-state index contributed by atoms with van der Waals surface area (Å²) in [6, 6.07) is 9.55. The summed E-state index contributed by atoms with van der Waals surface area (Å²) in [4.78, 5) is 25.4. The third kappa shape index (κ3) is 1.50. The highest BCUT2D eigenvalue weighted by Gasteiger charge is 2.67. The molecule has 6 rings (SSSR count). The van der Waals surface area contributed by atoms with Crippen molar-refractivity contribution in [2.75, 3.05) is 0 Å². The summed E-state index contributed by atoms with van der Waals surface area (Å²) in [6.45, 7) is 0. The Morgan fingerprint density at radius 3 is 2.14 bits per heavy atom. The van der Waals surface area contributed by atoms with Crippen LogP contribution in [-0.2, 0) is 9.59 Å². The van der Waals surface area contributed by atoms with Gasteiger partial charge in [0.1, 0.15) is 0 Å². The van der Waals surface area contributed by atoms with Crippen molar-refractivity contribution in [2.45, 2.75) is 6.42 Å². The minimum absolute atomic E-state index is 0.105. The number of rotatable bonds is 2. The normalized spacial score (nSPS) is 41.2. The lowest BCUT2D eigenvalue weighted by Gasteiger charge is -2.37. The van der Waals surface area contributed by atoms with Crippen molar-refractivity contribution < 1.29 is 9.59 Å². The first kappa shape index (κ1) is 12.3. The number of carbonyl (C=O) groups is 2. The lowest BCUT2D eigenvalue weighted by molar-refractivity contribution is -0.140. The van der Waals surface area contributed by atoms with Crippen LogP contribution in [0.15, 0.2) is 47.6 Å². The number of allylic oxidation sites excluding steroid dienone is 2. The van der Waals surface area contributed by atoms with Crippen molar-refractivity contribution in [2.24, 2.45) is 40.6 Å². The Kier molecular flexibility index (Phi) is 2.33. The number of hydrogen-bond donors (Lipinski definition) is 0. The van der Waals surface area contributed by atoms with Gasteiger partial charge >= 0.3 is 0 Å². The van der Waals surface area contributed by atoms with Crippen molar-refractivity contribution >= 4 is 18.0 Å². The molecule has 110 valence electrons. The van der Waals surface area contributed by atoms with E-state index in [0.29, 0.717) is 11.8 Å². The molecule has 2 saturated carbocycles. The first-order valence-electron chi connectivity index (χ1n) is 7.91. The van der Waals surface area contributed by atoms with Crippen LogP contribution in [0.2, 0.25) is 0 Å². The van der Waals surface area contributed by atoms with Crippen LogP contribution in [-0.4, -0.2) is 23.0 Å². The molecule has 1 aromatic carbocycles. The van der Waals surface area contributed by atoms with Crippen molar-refractivity contribution in [1.82, 2.24) is 5.01 Å². The molecule has 3 fully saturated rings. The van der Waals surface area contributed by atoms with Crippen molar-refractivity contribution in [3.05, 3.63) is 48.0 Å². The molecule has 6 atom stereocenters. The molecule has 1 saturated heterocycles. The second-order valence-corrected chi connectivity index (χ2v) is 6.80. The Balaban J connectivity index is 1.46. The highest BCUT2D eigenvalue weighted by Crippen LogP contribution is 2.65. The molecular weight excluding hydrogens is 276 g/mol. The topological polar surface area (TPSA) is 49.7 Å². The molecule has 0 N–H and O–H groups in total. The van der Waals surface area contributed by atoms with Crippen LogP contribution in [0, 0.1) is 35.5 Å². The van der Waals surface area contributed by atoms with Gasteiger partial charge in [0.25, 0.3) is 11.8 Å². The fourth-order valence-electron chi connectivity index (χ4n) is 4.72. The summed E-state index contributed by atoms with van der Waals surface area (Å²) in [5.41, 5.74) is 0.891. The van der Waals surface area contributed by atoms with Gasteiger partial charge in [-0.1, -0.05) is 42.5 Å². The summed E-state index contributed by atoms with van der Waals surface area (Å²) in [7, 11) is 0. The maximum atomic E-state index is 12.7. The molecule has 1 aliphatic heterocycles. The van der Waals surface area contributed by atoms with Gasteiger partial charge in [0.15, 0.2) is 0 Å². The van der Waals surface area contributed by atoms with Gasteiger partial charge in [-0.25, -0.2) is 0 Å². The number of nitrogens with zero attached hydrogens (tertiary/aromatic N) is 2. The lowest BCUT2D eigenvalue weighted by Crippen LogP contribution is -2.40. The van der Waals surface area contributed by atoms with Gasteiger partial charge in [0.05, 0.1) is 18.1 Å². The predicted molar refractivity (Wildman–Crippen MR) is 80.6 cm³/mol. The first-order valence-corrected chi connectivity index (χ1v) is 7.91. The Morgan fingerprint density at radius 2 is 1.55 bits per heavy atom. The molecule has 1 heterocycles. The highest BCUT2D eigenvalue weighted by atomic mass is 16.2. The second-order valence-electron chi connectivity index (χ2n) is 6.80. The van der Waals surface area contributed by atoms with Crippen molar-refractivity contribution in [1.29, 1.82) is 0 Å². The average molecular weight is 292 g/mol. The maximum absolute atomic E-state index is 12.7. The van der Waals surface area contributed by atoms with Crippen LogP contribution in [0.4, 0.5) is 0 Å². The van der Waals surface area contributed by atoms with Gasteiger partial charge in [-0.2, -0.15) is 10.1 Å². The standard InChI is InChI=1S/C18H16N2O2/c21-17-15-11-6-7-12(14-8-13(11)14)16(15)18(22)20(17)19-9-10-4-2-1-3-5-10/h1-7,9,11-16H,8H2/b19-9-/t11-,12-,13-,14+,15+,16+/m0/s1. The van der Waals surface area contributed by atoms with Gasteiger partial charge in [-0.15, -0.1) is 0 Å². The quantitative estimate of drug-likeness (QED) is 0.476. The smallest absolute Gasteiger partial charge is 0.254 e. The zero-order valence-corrected chi connectivity index (χ0v) is 12.0. The summed E-state index contributed by atoms with van der Waals surface area (Å²) < 4.78 is 0. The number of imide groups is 1. The van der Waals surface area contributed by atoms with Gasteiger partial charge in [-0.3, -0.25) is 9.59 Å². The van der Waals surface area contributed by atoms with Crippen LogP contribution in [0.3, 0.4) is 0 Å².